The molecule has 0 aliphatic carbocycles. The van der Waals surface area contributed by atoms with E-state index in [1.54, 1.807) is 41.5 Å². The Morgan fingerprint density at radius 1 is 0.750 bits per heavy atom. The van der Waals surface area contributed by atoms with E-state index in [4.69, 9.17) is 18.9 Å². The van der Waals surface area contributed by atoms with Crippen LogP contribution in [0.5, 0.6) is 0 Å². The van der Waals surface area contributed by atoms with Gasteiger partial charge in [-0.15, -0.1) is 0 Å². The molecule has 12 nitrogen and oxygen atoms in total. The van der Waals surface area contributed by atoms with Gasteiger partial charge in [0.2, 0.25) is 0 Å². The molecule has 2 aromatic rings. The van der Waals surface area contributed by atoms with E-state index in [2.05, 4.69) is 10.6 Å². The van der Waals surface area contributed by atoms with Gasteiger partial charge in [-0.1, -0.05) is 0 Å². The summed E-state index contributed by atoms with van der Waals surface area (Å²) in [6.45, 7) is 10.4. The Balaban J connectivity index is 1.38. The van der Waals surface area contributed by atoms with E-state index in [0.29, 0.717) is 0 Å². The topological polar surface area (TPSA) is 136 Å². The lowest BCUT2D eigenvalue weighted by atomic mass is 10.0. The summed E-state index contributed by atoms with van der Waals surface area (Å²) in [5.41, 5.74) is -1.11. The van der Waals surface area contributed by atoms with Crippen molar-refractivity contribution in [1.29, 1.82) is 0 Å². The van der Waals surface area contributed by atoms with Gasteiger partial charge in [0.25, 0.3) is 0 Å². The van der Waals surface area contributed by atoms with Crippen molar-refractivity contribution >= 4 is 35.7 Å². The van der Waals surface area contributed by atoms with Crippen LogP contribution in [0.15, 0.2) is 36.4 Å². The first-order chi connectivity index (χ1) is 20.5. The van der Waals surface area contributed by atoms with Crippen LogP contribution in [0.25, 0.3) is 11.1 Å². The lowest BCUT2D eigenvalue weighted by Crippen LogP contribution is -2.38. The number of amides is 4. The normalized spacial score (nSPS) is 18.5. The minimum absolute atomic E-state index is 0.000833. The van der Waals surface area contributed by atoms with E-state index in [-0.39, 0.29) is 48.7 Å². The molecule has 0 radical (unpaired) electrons. The zero-order valence-electron chi connectivity index (χ0n) is 25.4. The van der Waals surface area contributed by atoms with Crippen LogP contribution in [-0.2, 0) is 18.9 Å². The molecule has 238 valence electrons. The Kier molecular flexibility index (Phi) is 9.21. The largest absolute Gasteiger partial charge is 0.444 e. The van der Waals surface area contributed by atoms with Crippen LogP contribution >= 0.6 is 0 Å². The number of halogens is 2. The van der Waals surface area contributed by atoms with Gasteiger partial charge in [-0.05, 0) is 77.9 Å². The van der Waals surface area contributed by atoms with E-state index in [1.807, 2.05) is 0 Å². The van der Waals surface area contributed by atoms with Gasteiger partial charge < -0.3 is 29.6 Å². The van der Waals surface area contributed by atoms with E-state index >= 15 is 8.78 Å². The van der Waals surface area contributed by atoms with Crippen molar-refractivity contribution in [2.45, 2.75) is 65.0 Å². The molecule has 0 saturated carbocycles. The second-order valence-corrected chi connectivity index (χ2v) is 12.3. The molecule has 14 heteroatoms. The maximum atomic E-state index is 15.2. The molecule has 44 heavy (non-hydrogen) atoms. The predicted molar refractivity (Wildman–Crippen MR) is 155 cm³/mol. The molecular formula is C30H36F2N4O8. The fourth-order valence-electron chi connectivity index (χ4n) is 4.48. The molecule has 2 fully saturated rings. The second kappa shape index (κ2) is 12.5. The number of cyclic esters (lactones) is 2. The number of benzene rings is 2. The number of hydrogen-bond donors (Lipinski definition) is 2. The summed E-state index contributed by atoms with van der Waals surface area (Å²) < 4.78 is 51.3. The number of ether oxygens (including phenoxy) is 4. The molecule has 2 aromatic carbocycles. The minimum atomic E-state index is -0.786. The van der Waals surface area contributed by atoms with Crippen molar-refractivity contribution in [3.05, 3.63) is 48.0 Å². The number of alkyl carbamates (subject to hydrolysis) is 2. The highest BCUT2D eigenvalue weighted by atomic mass is 19.1. The van der Waals surface area contributed by atoms with Crippen LogP contribution in [0, 0.1) is 11.6 Å². The Bertz CT molecular complexity index is 1330. The molecule has 0 aromatic heterocycles. The summed E-state index contributed by atoms with van der Waals surface area (Å²) >= 11 is 0. The maximum absolute atomic E-state index is 15.2. The number of rotatable bonds is 7. The summed E-state index contributed by atoms with van der Waals surface area (Å²) in [4.78, 5) is 51.1. The summed E-state index contributed by atoms with van der Waals surface area (Å²) in [6.07, 6.45) is -4.14. The van der Waals surface area contributed by atoms with E-state index < -0.39 is 59.4 Å². The molecule has 0 spiro atoms. The monoisotopic (exact) mass is 618 g/mol. The molecule has 2 heterocycles. The number of nitrogens with zero attached hydrogens (tertiary/aromatic N) is 2. The zero-order valence-corrected chi connectivity index (χ0v) is 25.4. The van der Waals surface area contributed by atoms with Crippen molar-refractivity contribution < 1.29 is 46.9 Å². The smallest absolute Gasteiger partial charge is 0.414 e. The van der Waals surface area contributed by atoms with E-state index in [0.717, 1.165) is 12.1 Å². The first-order valence-corrected chi connectivity index (χ1v) is 14.0. The molecule has 0 bridgehead atoms. The standard InChI is InChI=1S/C30H36F2N4O8/c1-29(2,3)43-25(37)33-13-19-15-35(27(39)41-19)17-7-9-21(23(31)11-17)22-10-8-18(12-24(22)32)36-16-20(42-28(36)40)14-34-26(38)44-30(4,5)6/h7-12,19-20H,13-16H2,1-6H3,(H,33,37)(H,34,38)/t19-,20+. The number of carbonyl (C=O) groups is 4. The zero-order chi connectivity index (χ0) is 32.4. The number of hydrogen-bond acceptors (Lipinski definition) is 8. The van der Waals surface area contributed by atoms with Crippen LogP contribution in [0.4, 0.5) is 39.3 Å². The third kappa shape index (κ3) is 8.26. The molecule has 0 unspecified atom stereocenters. The van der Waals surface area contributed by atoms with Crippen LogP contribution in [-0.4, -0.2) is 74.0 Å². The fourth-order valence-corrected chi connectivity index (χ4v) is 4.48. The van der Waals surface area contributed by atoms with Crippen molar-refractivity contribution in [2.24, 2.45) is 0 Å². The highest BCUT2D eigenvalue weighted by Crippen LogP contribution is 2.33. The first-order valence-electron chi connectivity index (χ1n) is 14.0. The van der Waals surface area contributed by atoms with Crippen molar-refractivity contribution in [2.75, 3.05) is 36.0 Å². The van der Waals surface area contributed by atoms with Crippen LogP contribution in [0.3, 0.4) is 0 Å². The summed E-state index contributed by atoms with van der Waals surface area (Å²) in [5.74, 6) is -1.57. The summed E-state index contributed by atoms with van der Waals surface area (Å²) in [6, 6.07) is 7.77. The lowest BCUT2D eigenvalue weighted by Gasteiger charge is -2.20. The van der Waals surface area contributed by atoms with Crippen molar-refractivity contribution in [3.63, 3.8) is 0 Å². The molecule has 2 aliphatic rings. The molecule has 4 rings (SSSR count). The van der Waals surface area contributed by atoms with Gasteiger partial charge >= 0.3 is 24.4 Å². The predicted octanol–water partition coefficient (Wildman–Crippen LogP) is 5.33. The SMILES string of the molecule is CC(C)(C)OC(=O)NC[C@@H]1CN(c2ccc(-c3ccc(N4C[C@H](CNC(=O)OC(C)(C)C)OC4=O)cc3F)c(F)c2)C(=O)O1. The number of anilines is 2. The molecule has 2 aliphatic heterocycles. The van der Waals surface area contributed by atoms with Gasteiger partial charge in [-0.25, -0.2) is 28.0 Å². The highest BCUT2D eigenvalue weighted by molar-refractivity contribution is 5.91. The average Bonchev–Trinajstić information content (AvgIpc) is 3.46. The Morgan fingerprint density at radius 3 is 1.43 bits per heavy atom. The summed E-state index contributed by atoms with van der Waals surface area (Å²) in [5, 5.41) is 5.07. The Labute approximate surface area is 253 Å². The number of carbonyl (C=O) groups excluding carboxylic acids is 4. The quantitative estimate of drug-likeness (QED) is 0.398. The van der Waals surface area contributed by atoms with Gasteiger partial charge in [-0.3, -0.25) is 9.80 Å². The van der Waals surface area contributed by atoms with Crippen molar-refractivity contribution in [1.82, 2.24) is 10.6 Å². The van der Waals surface area contributed by atoms with Gasteiger partial charge in [0, 0.05) is 11.1 Å². The molecule has 2 saturated heterocycles. The Hall–Kier alpha value is -4.62. The molecule has 4 amide bonds. The fraction of sp³-hybridized carbons (Fsp3) is 0.467. The van der Waals surface area contributed by atoms with Crippen LogP contribution in [0.1, 0.15) is 41.5 Å². The number of nitrogens with one attached hydrogen (secondary N) is 2. The lowest BCUT2D eigenvalue weighted by molar-refractivity contribution is 0.0488. The Morgan fingerprint density at radius 2 is 1.11 bits per heavy atom. The third-order valence-corrected chi connectivity index (χ3v) is 6.31. The molecular weight excluding hydrogens is 582 g/mol. The second-order valence-electron chi connectivity index (χ2n) is 12.3. The summed E-state index contributed by atoms with van der Waals surface area (Å²) in [7, 11) is 0. The molecule has 2 atom stereocenters. The first kappa shape index (κ1) is 32.3. The van der Waals surface area contributed by atoms with Crippen LogP contribution in [0.2, 0.25) is 0 Å². The average molecular weight is 619 g/mol. The van der Waals surface area contributed by atoms with Gasteiger partial charge in [-0.2, -0.15) is 0 Å². The minimum Gasteiger partial charge on any atom is -0.444 e. The van der Waals surface area contributed by atoms with Crippen molar-refractivity contribution in [3.8, 4) is 11.1 Å². The highest BCUT2D eigenvalue weighted by Gasteiger charge is 2.35. The van der Waals surface area contributed by atoms with Gasteiger partial charge in [0.15, 0.2) is 0 Å². The van der Waals surface area contributed by atoms with Gasteiger partial charge in [0.05, 0.1) is 37.6 Å². The van der Waals surface area contributed by atoms with Gasteiger partial charge in [0.1, 0.15) is 35.0 Å². The van der Waals surface area contributed by atoms with Crippen LogP contribution < -0.4 is 20.4 Å². The third-order valence-electron chi connectivity index (χ3n) is 6.31. The molecule has 2 N–H and O–H groups in total. The maximum Gasteiger partial charge on any atom is 0.414 e. The van der Waals surface area contributed by atoms with E-state index in [9.17, 15) is 19.2 Å². The van der Waals surface area contributed by atoms with E-state index in [1.165, 1.54) is 34.1 Å².